The summed E-state index contributed by atoms with van der Waals surface area (Å²) in [6.45, 7) is 6.88. The number of aldehydes is 1. The van der Waals surface area contributed by atoms with Gasteiger partial charge in [-0.05, 0) is 47.4 Å². The molecule has 1 unspecified atom stereocenters. The van der Waals surface area contributed by atoms with Crippen molar-refractivity contribution in [3.63, 3.8) is 0 Å². The van der Waals surface area contributed by atoms with E-state index >= 15 is 0 Å². The van der Waals surface area contributed by atoms with Crippen LogP contribution in [0.3, 0.4) is 0 Å². The van der Waals surface area contributed by atoms with Crippen LogP contribution >= 0.6 is 0 Å². The van der Waals surface area contributed by atoms with Crippen molar-refractivity contribution in [3.8, 4) is 0 Å². The van der Waals surface area contributed by atoms with Gasteiger partial charge >= 0.3 is 0 Å². The zero-order valence-electron chi connectivity index (χ0n) is 13.5. The van der Waals surface area contributed by atoms with Crippen molar-refractivity contribution in [2.45, 2.75) is 58.0 Å². The highest BCUT2D eigenvalue weighted by atomic mass is 16.7. The van der Waals surface area contributed by atoms with Gasteiger partial charge in [-0.1, -0.05) is 33.3 Å². The second-order valence-corrected chi connectivity index (χ2v) is 6.12. The Labute approximate surface area is 127 Å². The Hall–Kier alpha value is -1.19. The molecule has 0 fully saturated rings. The van der Waals surface area contributed by atoms with Gasteiger partial charge in [-0.25, -0.2) is 0 Å². The van der Waals surface area contributed by atoms with Gasteiger partial charge in [0, 0.05) is 12.7 Å². The van der Waals surface area contributed by atoms with Crippen LogP contribution in [0, 0.1) is 0 Å². The molecule has 0 saturated heterocycles. The second kappa shape index (κ2) is 7.19. The van der Waals surface area contributed by atoms with Crippen LogP contribution in [0.2, 0.25) is 0 Å². The van der Waals surface area contributed by atoms with Gasteiger partial charge in [0.25, 0.3) is 0 Å². The molecule has 0 saturated carbocycles. The van der Waals surface area contributed by atoms with E-state index in [0.717, 1.165) is 36.7 Å². The smallest absolute Gasteiger partial charge is 0.150 e. The van der Waals surface area contributed by atoms with Gasteiger partial charge in [-0.3, -0.25) is 4.79 Å². The third-order valence-corrected chi connectivity index (χ3v) is 4.47. The molecule has 0 heterocycles. The summed E-state index contributed by atoms with van der Waals surface area (Å²) >= 11 is 0. The number of ether oxygens (including phenoxy) is 2. The molecule has 21 heavy (non-hydrogen) atoms. The number of carbonyl (C=O) groups excluding carboxylic acids is 1. The summed E-state index contributed by atoms with van der Waals surface area (Å²) in [4.78, 5) is 11.5. The molecule has 1 aromatic rings. The first kappa shape index (κ1) is 16.2. The molecule has 3 atom stereocenters. The summed E-state index contributed by atoms with van der Waals surface area (Å²) in [5, 5.41) is 0. The molecule has 0 N–H and O–H groups in total. The maximum atomic E-state index is 11.5. The standard InChI is InChI=1S/C18H26O3/c1-5-6-18(21-11-20-4)17-9-16-13(3)7-12(2)15(16)8-14(17)10-19/h8-10,12-13,18H,5-7,11H2,1-4H3/t12-,13-,18?/m0/s1. The van der Waals surface area contributed by atoms with Crippen LogP contribution in [0.1, 0.15) is 85.0 Å². The van der Waals surface area contributed by atoms with Crippen molar-refractivity contribution in [2.75, 3.05) is 13.9 Å². The number of methoxy groups -OCH3 is 1. The molecule has 1 aliphatic rings. The lowest BCUT2D eigenvalue weighted by Gasteiger charge is -2.21. The fourth-order valence-electron chi connectivity index (χ4n) is 3.43. The summed E-state index contributed by atoms with van der Waals surface area (Å²) in [6.07, 6.45) is 3.96. The molecule has 116 valence electrons. The average Bonchev–Trinajstić information content (AvgIpc) is 2.76. The molecule has 0 aromatic heterocycles. The molecule has 0 amide bonds. The fourth-order valence-corrected chi connectivity index (χ4v) is 3.43. The number of benzene rings is 1. The average molecular weight is 290 g/mol. The van der Waals surface area contributed by atoms with E-state index < -0.39 is 0 Å². The van der Waals surface area contributed by atoms with Crippen LogP contribution in [0.15, 0.2) is 12.1 Å². The molecule has 3 nitrogen and oxygen atoms in total. The van der Waals surface area contributed by atoms with Crippen LogP contribution in [0.5, 0.6) is 0 Å². The molecule has 0 bridgehead atoms. The normalized spacial score (nSPS) is 22.1. The van der Waals surface area contributed by atoms with Crippen molar-refractivity contribution in [1.29, 1.82) is 0 Å². The lowest BCUT2D eigenvalue weighted by atomic mass is 9.92. The van der Waals surface area contributed by atoms with Crippen LogP contribution in [0.25, 0.3) is 0 Å². The van der Waals surface area contributed by atoms with Crippen LogP contribution < -0.4 is 0 Å². The number of hydrogen-bond donors (Lipinski definition) is 0. The number of fused-ring (bicyclic) bond motifs is 1. The second-order valence-electron chi connectivity index (χ2n) is 6.12. The highest BCUT2D eigenvalue weighted by molar-refractivity contribution is 5.78. The van der Waals surface area contributed by atoms with Gasteiger partial charge in [0.1, 0.15) is 13.1 Å². The maximum absolute atomic E-state index is 11.5. The predicted molar refractivity (Wildman–Crippen MR) is 83.9 cm³/mol. The Morgan fingerprint density at radius 1 is 1.29 bits per heavy atom. The SMILES string of the molecule is CCCC(OCOC)c1cc2c(cc1C=O)[C@@H](C)C[C@@H]2C. The topological polar surface area (TPSA) is 35.5 Å². The third kappa shape index (κ3) is 3.35. The van der Waals surface area contributed by atoms with Crippen LogP contribution in [-0.4, -0.2) is 20.2 Å². The van der Waals surface area contributed by atoms with E-state index in [1.165, 1.54) is 11.1 Å². The van der Waals surface area contributed by atoms with Crippen molar-refractivity contribution in [3.05, 3.63) is 34.4 Å². The van der Waals surface area contributed by atoms with Gasteiger partial charge in [-0.15, -0.1) is 0 Å². The first-order chi connectivity index (χ1) is 10.1. The first-order valence-corrected chi connectivity index (χ1v) is 7.85. The lowest BCUT2D eigenvalue weighted by molar-refractivity contribution is -0.0761. The summed E-state index contributed by atoms with van der Waals surface area (Å²) < 4.78 is 10.8. The number of hydrogen-bond acceptors (Lipinski definition) is 3. The van der Waals surface area contributed by atoms with E-state index in [1.807, 2.05) is 0 Å². The van der Waals surface area contributed by atoms with E-state index in [4.69, 9.17) is 9.47 Å². The third-order valence-electron chi connectivity index (χ3n) is 4.47. The summed E-state index contributed by atoms with van der Waals surface area (Å²) in [7, 11) is 1.62. The summed E-state index contributed by atoms with van der Waals surface area (Å²) in [5.74, 6) is 1.09. The summed E-state index contributed by atoms with van der Waals surface area (Å²) in [6, 6.07) is 4.27. The molecule has 1 aromatic carbocycles. The molecule has 3 heteroatoms. The van der Waals surface area contributed by atoms with E-state index in [-0.39, 0.29) is 12.9 Å². The van der Waals surface area contributed by atoms with Crippen molar-refractivity contribution >= 4 is 6.29 Å². The molecule has 1 aliphatic carbocycles. The van der Waals surface area contributed by atoms with Gasteiger partial charge in [0.05, 0.1) is 6.10 Å². The van der Waals surface area contributed by atoms with Crippen LogP contribution in [-0.2, 0) is 9.47 Å². The van der Waals surface area contributed by atoms with Crippen molar-refractivity contribution < 1.29 is 14.3 Å². The molecular formula is C18H26O3. The molecule has 0 radical (unpaired) electrons. The molecule has 0 aliphatic heterocycles. The highest BCUT2D eigenvalue weighted by Crippen LogP contribution is 2.43. The fraction of sp³-hybridized carbons (Fsp3) is 0.611. The Balaban J connectivity index is 2.41. The van der Waals surface area contributed by atoms with Gasteiger partial charge in [0.2, 0.25) is 0 Å². The predicted octanol–water partition coefficient (Wildman–Crippen LogP) is 4.57. The molecule has 0 spiro atoms. The Morgan fingerprint density at radius 2 is 1.95 bits per heavy atom. The minimum atomic E-state index is -0.0662. The Bertz CT molecular complexity index is 495. The van der Waals surface area contributed by atoms with Crippen molar-refractivity contribution in [1.82, 2.24) is 0 Å². The summed E-state index contributed by atoms with van der Waals surface area (Å²) in [5.41, 5.74) is 4.49. The Morgan fingerprint density at radius 3 is 2.52 bits per heavy atom. The molecule has 2 rings (SSSR count). The van der Waals surface area contributed by atoms with E-state index in [9.17, 15) is 4.79 Å². The van der Waals surface area contributed by atoms with E-state index in [2.05, 4.69) is 32.9 Å². The zero-order chi connectivity index (χ0) is 15.4. The minimum absolute atomic E-state index is 0.0662. The minimum Gasteiger partial charge on any atom is -0.359 e. The quantitative estimate of drug-likeness (QED) is 0.545. The number of carbonyl (C=O) groups is 1. The lowest BCUT2D eigenvalue weighted by Crippen LogP contribution is -2.10. The maximum Gasteiger partial charge on any atom is 0.150 e. The van der Waals surface area contributed by atoms with Gasteiger partial charge < -0.3 is 9.47 Å². The van der Waals surface area contributed by atoms with Gasteiger partial charge in [-0.2, -0.15) is 0 Å². The first-order valence-electron chi connectivity index (χ1n) is 7.85. The monoisotopic (exact) mass is 290 g/mol. The number of rotatable bonds is 7. The van der Waals surface area contributed by atoms with Gasteiger partial charge in [0.15, 0.2) is 0 Å². The molecular weight excluding hydrogens is 264 g/mol. The van der Waals surface area contributed by atoms with Crippen molar-refractivity contribution in [2.24, 2.45) is 0 Å². The zero-order valence-corrected chi connectivity index (χ0v) is 13.5. The Kier molecular flexibility index (Phi) is 5.54. The van der Waals surface area contributed by atoms with E-state index in [1.54, 1.807) is 7.11 Å². The van der Waals surface area contributed by atoms with E-state index in [0.29, 0.717) is 11.8 Å². The van der Waals surface area contributed by atoms with Crippen LogP contribution in [0.4, 0.5) is 0 Å². The highest BCUT2D eigenvalue weighted by Gasteiger charge is 2.28. The largest absolute Gasteiger partial charge is 0.359 e.